The lowest BCUT2D eigenvalue weighted by Gasteiger charge is -2.35. The first-order valence-electron chi connectivity index (χ1n) is 12.3. The van der Waals surface area contributed by atoms with E-state index >= 15 is 0 Å². The standard InChI is InChI=1S/C25H43N3O4/c1-7-9-16(5)27-24(31)22-19-12-11-17(10-8-2)20(23(30)26-6)21(19)25(32)28(22)18(14-29)13-15(3)4/h11-12,15-22,29H,7-10,13-14H2,1-6H3,(H,26,30)(H,27,31)/t16?,17-,18-,19+,20-,21-,22+/m1/s1. The number of hydrogen-bond donors (Lipinski definition) is 3. The number of likely N-dealkylation sites (tertiary alicyclic amines) is 1. The Hall–Kier alpha value is -1.89. The van der Waals surface area contributed by atoms with Crippen molar-refractivity contribution in [3.63, 3.8) is 0 Å². The summed E-state index contributed by atoms with van der Waals surface area (Å²) < 4.78 is 0. The molecule has 3 N–H and O–H groups in total. The van der Waals surface area contributed by atoms with E-state index in [1.807, 2.05) is 32.9 Å². The maximum absolute atomic E-state index is 13.8. The molecule has 1 aliphatic carbocycles. The lowest BCUT2D eigenvalue weighted by Crippen LogP contribution is -2.54. The Kier molecular flexibility index (Phi) is 9.74. The number of carbonyl (C=O) groups is 3. The summed E-state index contributed by atoms with van der Waals surface area (Å²) >= 11 is 0. The first kappa shape index (κ1) is 26.4. The maximum Gasteiger partial charge on any atom is 0.243 e. The van der Waals surface area contributed by atoms with Crippen LogP contribution in [0.25, 0.3) is 0 Å². The molecular weight excluding hydrogens is 406 g/mol. The lowest BCUT2D eigenvalue weighted by molar-refractivity contribution is -0.143. The van der Waals surface area contributed by atoms with E-state index in [1.54, 1.807) is 11.9 Å². The van der Waals surface area contributed by atoms with Crippen LogP contribution in [-0.4, -0.2) is 59.5 Å². The average molecular weight is 450 g/mol. The van der Waals surface area contributed by atoms with Gasteiger partial charge in [0.2, 0.25) is 17.7 Å². The van der Waals surface area contributed by atoms with Gasteiger partial charge in [0.15, 0.2) is 0 Å². The van der Waals surface area contributed by atoms with Crippen molar-refractivity contribution in [1.82, 2.24) is 15.5 Å². The zero-order valence-corrected chi connectivity index (χ0v) is 20.6. The predicted octanol–water partition coefficient (Wildman–Crippen LogP) is 2.49. The van der Waals surface area contributed by atoms with Crippen LogP contribution in [0.1, 0.15) is 66.7 Å². The van der Waals surface area contributed by atoms with Gasteiger partial charge >= 0.3 is 0 Å². The third-order valence-corrected chi connectivity index (χ3v) is 6.95. The van der Waals surface area contributed by atoms with Crippen LogP contribution in [0.3, 0.4) is 0 Å². The van der Waals surface area contributed by atoms with Gasteiger partial charge in [0.25, 0.3) is 0 Å². The minimum atomic E-state index is -0.714. The number of nitrogens with one attached hydrogen (secondary N) is 2. The number of aliphatic hydroxyl groups excluding tert-OH is 1. The van der Waals surface area contributed by atoms with Gasteiger partial charge in [0.05, 0.1) is 24.5 Å². The topological polar surface area (TPSA) is 98.7 Å². The van der Waals surface area contributed by atoms with Crippen LogP contribution in [-0.2, 0) is 14.4 Å². The van der Waals surface area contributed by atoms with E-state index in [2.05, 4.69) is 24.5 Å². The first-order chi connectivity index (χ1) is 15.2. The smallest absolute Gasteiger partial charge is 0.243 e. The summed E-state index contributed by atoms with van der Waals surface area (Å²) in [5, 5.41) is 16.0. The number of carbonyl (C=O) groups excluding carboxylic acids is 3. The van der Waals surface area contributed by atoms with E-state index in [-0.39, 0.29) is 48.1 Å². The number of hydrogen-bond acceptors (Lipinski definition) is 4. The van der Waals surface area contributed by atoms with Gasteiger partial charge in [-0.3, -0.25) is 14.4 Å². The summed E-state index contributed by atoms with van der Waals surface area (Å²) in [4.78, 5) is 41.9. The van der Waals surface area contributed by atoms with Crippen LogP contribution in [0.2, 0.25) is 0 Å². The number of allylic oxidation sites excluding steroid dienone is 1. The van der Waals surface area contributed by atoms with Crippen LogP contribution in [0.5, 0.6) is 0 Å². The summed E-state index contributed by atoms with van der Waals surface area (Å²) in [7, 11) is 1.60. The Balaban J connectivity index is 2.51. The third kappa shape index (κ3) is 5.53. The molecule has 1 unspecified atom stereocenters. The molecule has 0 aromatic carbocycles. The molecule has 0 radical (unpaired) electrons. The Bertz CT molecular complexity index is 693. The van der Waals surface area contributed by atoms with Gasteiger partial charge in [-0.2, -0.15) is 0 Å². The molecule has 7 nitrogen and oxygen atoms in total. The molecule has 3 amide bonds. The summed E-state index contributed by atoms with van der Waals surface area (Å²) in [5.74, 6) is -1.78. The van der Waals surface area contributed by atoms with E-state index < -0.39 is 23.9 Å². The molecule has 182 valence electrons. The highest BCUT2D eigenvalue weighted by atomic mass is 16.3. The summed E-state index contributed by atoms with van der Waals surface area (Å²) in [6.07, 6.45) is 8.14. The van der Waals surface area contributed by atoms with Gasteiger partial charge in [0, 0.05) is 19.0 Å². The highest BCUT2D eigenvalue weighted by Gasteiger charge is 2.58. The summed E-state index contributed by atoms with van der Waals surface area (Å²) in [5.41, 5.74) is 0. The van der Waals surface area contributed by atoms with Crippen LogP contribution in [0.15, 0.2) is 12.2 Å². The quantitative estimate of drug-likeness (QED) is 0.422. The molecule has 0 saturated carbocycles. The van der Waals surface area contributed by atoms with Gasteiger partial charge in [0.1, 0.15) is 6.04 Å². The fourth-order valence-corrected chi connectivity index (χ4v) is 5.63. The second kappa shape index (κ2) is 11.8. The molecule has 0 bridgehead atoms. The maximum atomic E-state index is 13.8. The minimum absolute atomic E-state index is 0.00340. The van der Waals surface area contributed by atoms with Crippen molar-refractivity contribution in [2.75, 3.05) is 13.7 Å². The van der Waals surface area contributed by atoms with E-state index in [1.165, 1.54) is 0 Å². The fraction of sp³-hybridized carbons (Fsp3) is 0.800. The van der Waals surface area contributed by atoms with E-state index in [4.69, 9.17) is 0 Å². The number of nitrogens with zero attached hydrogens (tertiary/aromatic N) is 1. The number of aliphatic hydroxyl groups is 1. The average Bonchev–Trinajstić information content (AvgIpc) is 3.04. The summed E-state index contributed by atoms with van der Waals surface area (Å²) in [6, 6.07) is -1.17. The molecule has 0 aromatic rings. The third-order valence-electron chi connectivity index (χ3n) is 6.95. The molecule has 7 atom stereocenters. The molecule has 1 aliphatic heterocycles. The van der Waals surface area contributed by atoms with Gasteiger partial charge in [-0.05, 0) is 38.0 Å². The molecule has 7 heteroatoms. The highest BCUT2D eigenvalue weighted by Crippen LogP contribution is 2.46. The van der Waals surface area contributed by atoms with Crippen LogP contribution < -0.4 is 10.6 Å². The van der Waals surface area contributed by atoms with Crippen LogP contribution >= 0.6 is 0 Å². The van der Waals surface area contributed by atoms with Crippen molar-refractivity contribution in [3.05, 3.63) is 12.2 Å². The molecule has 0 spiro atoms. The molecule has 2 aliphatic rings. The van der Waals surface area contributed by atoms with Crippen molar-refractivity contribution >= 4 is 17.7 Å². The number of fused-ring (bicyclic) bond motifs is 1. The van der Waals surface area contributed by atoms with Gasteiger partial charge < -0.3 is 20.6 Å². The monoisotopic (exact) mass is 449 g/mol. The van der Waals surface area contributed by atoms with E-state index in [0.717, 1.165) is 25.7 Å². The fourth-order valence-electron chi connectivity index (χ4n) is 5.63. The normalized spacial score (nSPS) is 29.1. The van der Waals surface area contributed by atoms with Crippen molar-refractivity contribution in [2.45, 2.75) is 84.8 Å². The van der Waals surface area contributed by atoms with Crippen LogP contribution in [0, 0.1) is 29.6 Å². The Morgan fingerprint density at radius 1 is 1.12 bits per heavy atom. The minimum Gasteiger partial charge on any atom is -0.394 e. The van der Waals surface area contributed by atoms with Gasteiger partial charge in [-0.15, -0.1) is 0 Å². The Labute approximate surface area is 193 Å². The zero-order chi connectivity index (χ0) is 24.0. The second-order valence-corrected chi connectivity index (χ2v) is 9.94. The largest absolute Gasteiger partial charge is 0.394 e. The SMILES string of the molecule is CCCC(C)NC(=O)[C@@H]1[C@H]2C=C[C@@H](CCC)[C@@H](C(=O)NC)[C@@H]2C(=O)N1[C@@H](CO)CC(C)C. The van der Waals surface area contributed by atoms with Crippen molar-refractivity contribution in [3.8, 4) is 0 Å². The Morgan fingerprint density at radius 3 is 2.34 bits per heavy atom. The van der Waals surface area contributed by atoms with Gasteiger partial charge in [-0.1, -0.05) is 52.7 Å². The van der Waals surface area contributed by atoms with E-state index in [0.29, 0.717) is 6.42 Å². The van der Waals surface area contributed by atoms with Crippen LogP contribution in [0.4, 0.5) is 0 Å². The molecule has 1 fully saturated rings. The Morgan fingerprint density at radius 2 is 1.81 bits per heavy atom. The second-order valence-electron chi connectivity index (χ2n) is 9.94. The lowest BCUT2D eigenvalue weighted by atomic mass is 9.68. The molecule has 32 heavy (non-hydrogen) atoms. The zero-order valence-electron chi connectivity index (χ0n) is 20.6. The van der Waals surface area contributed by atoms with Crippen molar-refractivity contribution in [2.24, 2.45) is 29.6 Å². The van der Waals surface area contributed by atoms with Crippen molar-refractivity contribution in [1.29, 1.82) is 0 Å². The molecule has 2 rings (SSSR count). The molecular formula is C25H43N3O4. The number of amides is 3. The van der Waals surface area contributed by atoms with E-state index in [9.17, 15) is 19.5 Å². The van der Waals surface area contributed by atoms with Crippen molar-refractivity contribution < 1.29 is 19.5 Å². The molecule has 0 aromatic heterocycles. The highest BCUT2D eigenvalue weighted by molar-refractivity contribution is 5.97. The predicted molar refractivity (Wildman–Crippen MR) is 126 cm³/mol. The number of rotatable bonds is 11. The molecule has 1 heterocycles. The van der Waals surface area contributed by atoms with Gasteiger partial charge in [-0.25, -0.2) is 0 Å². The first-order valence-corrected chi connectivity index (χ1v) is 12.3. The summed E-state index contributed by atoms with van der Waals surface area (Å²) in [6.45, 7) is 9.99. The molecule has 1 saturated heterocycles.